The van der Waals surface area contributed by atoms with Crippen molar-refractivity contribution in [1.29, 1.82) is 0 Å². The number of hydrogen-bond acceptors (Lipinski definition) is 3. The Balaban J connectivity index is 1.86. The number of hydrogen-bond donors (Lipinski definition) is 2. The molecule has 0 aromatic carbocycles. The van der Waals surface area contributed by atoms with Crippen LogP contribution in [0.5, 0.6) is 0 Å². The molecule has 2 aliphatic heterocycles. The minimum absolute atomic E-state index is 0.100. The summed E-state index contributed by atoms with van der Waals surface area (Å²) >= 11 is 0. The molecule has 2 rings (SSSR count). The Labute approximate surface area is 106 Å². The fraction of sp³-hybridized carbons (Fsp3) is 0.833. The van der Waals surface area contributed by atoms with E-state index in [-0.39, 0.29) is 24.0 Å². The van der Waals surface area contributed by atoms with Gasteiger partial charge in [-0.05, 0) is 26.2 Å². The van der Waals surface area contributed by atoms with Gasteiger partial charge in [-0.25, -0.2) is 4.79 Å². The third-order valence-corrected chi connectivity index (χ3v) is 3.82. The fourth-order valence-corrected chi connectivity index (χ4v) is 3.04. The Hall–Kier alpha value is -1.30. The van der Waals surface area contributed by atoms with E-state index in [4.69, 9.17) is 9.84 Å². The normalized spacial score (nSPS) is 29.6. The number of aliphatic carboxylic acids is 1. The Kier molecular flexibility index (Phi) is 4.06. The molecular formula is C12H20N2O4. The largest absolute Gasteiger partial charge is 0.481 e. The molecule has 0 saturated carbocycles. The van der Waals surface area contributed by atoms with Gasteiger partial charge >= 0.3 is 12.0 Å². The lowest BCUT2D eigenvalue weighted by Crippen LogP contribution is -2.45. The highest BCUT2D eigenvalue weighted by molar-refractivity contribution is 5.79. The predicted octanol–water partition coefficient (Wildman–Crippen LogP) is 0.670. The SMILES string of the molecule is CCOCCNC(=O)N1C2CCC1C(C(=O)O)C2. The van der Waals surface area contributed by atoms with Crippen molar-refractivity contribution in [3.63, 3.8) is 0 Å². The number of fused-ring (bicyclic) bond motifs is 2. The van der Waals surface area contributed by atoms with Gasteiger partial charge in [-0.3, -0.25) is 4.79 Å². The topological polar surface area (TPSA) is 78.9 Å². The summed E-state index contributed by atoms with van der Waals surface area (Å²) in [6.45, 7) is 3.50. The molecule has 2 fully saturated rings. The summed E-state index contributed by atoms with van der Waals surface area (Å²) in [4.78, 5) is 24.8. The van der Waals surface area contributed by atoms with Gasteiger partial charge in [-0.15, -0.1) is 0 Å². The highest BCUT2D eigenvalue weighted by Crippen LogP contribution is 2.41. The number of nitrogens with one attached hydrogen (secondary N) is 1. The average molecular weight is 256 g/mol. The minimum Gasteiger partial charge on any atom is -0.481 e. The first-order valence-electron chi connectivity index (χ1n) is 6.51. The fourth-order valence-electron chi connectivity index (χ4n) is 3.04. The van der Waals surface area contributed by atoms with Crippen LogP contribution in [0.4, 0.5) is 4.79 Å². The van der Waals surface area contributed by atoms with Crippen LogP contribution in [0, 0.1) is 5.92 Å². The van der Waals surface area contributed by atoms with Crippen LogP contribution in [0.3, 0.4) is 0 Å². The van der Waals surface area contributed by atoms with Crippen LogP contribution in [0.2, 0.25) is 0 Å². The van der Waals surface area contributed by atoms with Gasteiger partial charge in [0.15, 0.2) is 0 Å². The van der Waals surface area contributed by atoms with Crippen LogP contribution in [0.15, 0.2) is 0 Å². The Morgan fingerprint density at radius 2 is 2.22 bits per heavy atom. The molecule has 2 bridgehead atoms. The molecule has 102 valence electrons. The molecule has 2 amide bonds. The van der Waals surface area contributed by atoms with E-state index in [1.807, 2.05) is 6.92 Å². The minimum atomic E-state index is -0.783. The summed E-state index contributed by atoms with van der Waals surface area (Å²) in [5, 5.41) is 11.9. The first kappa shape index (κ1) is 13.1. The zero-order valence-electron chi connectivity index (χ0n) is 10.6. The molecule has 0 aliphatic carbocycles. The highest BCUT2D eigenvalue weighted by Gasteiger charge is 2.51. The molecule has 0 aromatic rings. The summed E-state index contributed by atoms with van der Waals surface area (Å²) in [6, 6.07) is -0.172. The Morgan fingerprint density at radius 3 is 2.83 bits per heavy atom. The number of carboxylic acids is 1. The number of urea groups is 1. The number of carbonyl (C=O) groups excluding carboxylic acids is 1. The van der Waals surface area contributed by atoms with Crippen LogP contribution in [0.25, 0.3) is 0 Å². The standard InChI is InChI=1S/C12H20N2O4/c1-2-18-6-5-13-12(17)14-8-3-4-10(14)9(7-8)11(15)16/h8-10H,2-7H2,1H3,(H,13,17)(H,15,16). The van der Waals surface area contributed by atoms with Crippen molar-refractivity contribution >= 4 is 12.0 Å². The van der Waals surface area contributed by atoms with E-state index < -0.39 is 5.97 Å². The van der Waals surface area contributed by atoms with Gasteiger partial charge in [0.2, 0.25) is 0 Å². The van der Waals surface area contributed by atoms with Gasteiger partial charge in [0, 0.05) is 25.2 Å². The number of rotatable bonds is 5. The Bertz CT molecular complexity index is 334. The van der Waals surface area contributed by atoms with Gasteiger partial charge in [-0.1, -0.05) is 0 Å². The van der Waals surface area contributed by atoms with Crippen LogP contribution in [0.1, 0.15) is 26.2 Å². The number of carboxylic acid groups (broad SMARTS) is 1. The molecule has 18 heavy (non-hydrogen) atoms. The second-order valence-electron chi connectivity index (χ2n) is 4.82. The second kappa shape index (κ2) is 5.56. The van der Waals surface area contributed by atoms with Crippen molar-refractivity contribution in [2.24, 2.45) is 5.92 Å². The Morgan fingerprint density at radius 1 is 1.44 bits per heavy atom. The monoisotopic (exact) mass is 256 g/mol. The van der Waals surface area contributed by atoms with Crippen LogP contribution in [-0.4, -0.2) is 53.8 Å². The maximum Gasteiger partial charge on any atom is 0.318 e. The van der Waals surface area contributed by atoms with Crippen molar-refractivity contribution in [1.82, 2.24) is 10.2 Å². The molecule has 6 heteroatoms. The van der Waals surface area contributed by atoms with Crippen LogP contribution < -0.4 is 5.32 Å². The lowest BCUT2D eigenvalue weighted by molar-refractivity contribution is -0.142. The molecule has 2 saturated heterocycles. The number of amides is 2. The molecule has 0 radical (unpaired) electrons. The second-order valence-corrected chi connectivity index (χ2v) is 4.82. The molecular weight excluding hydrogens is 236 g/mol. The number of carbonyl (C=O) groups is 2. The van der Waals surface area contributed by atoms with Crippen molar-refractivity contribution in [3.8, 4) is 0 Å². The maximum atomic E-state index is 12.0. The summed E-state index contributed by atoms with van der Waals surface area (Å²) in [5.41, 5.74) is 0. The van der Waals surface area contributed by atoms with E-state index in [0.29, 0.717) is 26.2 Å². The maximum absolute atomic E-state index is 12.0. The van der Waals surface area contributed by atoms with Gasteiger partial charge in [0.25, 0.3) is 0 Å². The molecule has 0 spiro atoms. The van der Waals surface area contributed by atoms with Crippen molar-refractivity contribution in [3.05, 3.63) is 0 Å². The summed E-state index contributed by atoms with van der Waals surface area (Å²) in [6.07, 6.45) is 2.33. The van der Waals surface area contributed by atoms with E-state index in [1.54, 1.807) is 4.90 Å². The van der Waals surface area contributed by atoms with E-state index in [9.17, 15) is 9.59 Å². The summed E-state index contributed by atoms with van der Waals surface area (Å²) in [5.74, 6) is -1.17. The van der Waals surface area contributed by atoms with Crippen LogP contribution >= 0.6 is 0 Å². The molecule has 6 nitrogen and oxygen atoms in total. The molecule has 3 unspecified atom stereocenters. The van der Waals surface area contributed by atoms with Crippen molar-refractivity contribution in [2.45, 2.75) is 38.3 Å². The zero-order chi connectivity index (χ0) is 13.1. The average Bonchev–Trinajstić information content (AvgIpc) is 2.91. The van der Waals surface area contributed by atoms with Gasteiger partial charge in [-0.2, -0.15) is 0 Å². The third-order valence-electron chi connectivity index (χ3n) is 3.82. The summed E-state index contributed by atoms with van der Waals surface area (Å²) < 4.78 is 5.15. The van der Waals surface area contributed by atoms with Gasteiger partial charge in [0.05, 0.1) is 12.5 Å². The van der Waals surface area contributed by atoms with Crippen molar-refractivity contribution < 1.29 is 19.4 Å². The number of ether oxygens (including phenoxy) is 1. The van der Waals surface area contributed by atoms with E-state index in [0.717, 1.165) is 12.8 Å². The van der Waals surface area contributed by atoms with Gasteiger partial charge < -0.3 is 20.1 Å². The first-order chi connectivity index (χ1) is 8.65. The highest BCUT2D eigenvalue weighted by atomic mass is 16.5. The smallest absolute Gasteiger partial charge is 0.318 e. The lowest BCUT2D eigenvalue weighted by atomic mass is 9.89. The summed E-state index contributed by atoms with van der Waals surface area (Å²) in [7, 11) is 0. The molecule has 0 aromatic heterocycles. The third kappa shape index (κ3) is 2.43. The molecule has 3 atom stereocenters. The first-order valence-corrected chi connectivity index (χ1v) is 6.51. The van der Waals surface area contributed by atoms with Crippen molar-refractivity contribution in [2.75, 3.05) is 19.8 Å². The molecule has 2 aliphatic rings. The zero-order valence-corrected chi connectivity index (χ0v) is 10.6. The van der Waals surface area contributed by atoms with E-state index in [2.05, 4.69) is 5.32 Å². The molecule has 2 heterocycles. The van der Waals surface area contributed by atoms with E-state index >= 15 is 0 Å². The lowest BCUT2D eigenvalue weighted by Gasteiger charge is -2.23. The number of nitrogens with zero attached hydrogens (tertiary/aromatic N) is 1. The van der Waals surface area contributed by atoms with Crippen LogP contribution in [-0.2, 0) is 9.53 Å². The predicted molar refractivity (Wildman–Crippen MR) is 64.3 cm³/mol. The van der Waals surface area contributed by atoms with E-state index in [1.165, 1.54) is 0 Å². The molecule has 2 N–H and O–H groups in total. The van der Waals surface area contributed by atoms with Gasteiger partial charge in [0.1, 0.15) is 0 Å². The quantitative estimate of drug-likeness (QED) is 0.709.